The SMILES string of the molecule is O=S(=O)(Nc1cc(F)cc(F)c1)C1CCNC1. The molecule has 1 fully saturated rings. The second-order valence-electron chi connectivity index (χ2n) is 3.92. The van der Waals surface area contributed by atoms with Crippen LogP contribution in [-0.2, 0) is 10.0 Å². The third kappa shape index (κ3) is 2.92. The largest absolute Gasteiger partial charge is 0.315 e. The minimum absolute atomic E-state index is 0.0885. The molecule has 0 radical (unpaired) electrons. The Morgan fingerprint density at radius 3 is 2.41 bits per heavy atom. The van der Waals surface area contributed by atoms with Crippen molar-refractivity contribution in [1.82, 2.24) is 5.32 Å². The third-order valence-electron chi connectivity index (χ3n) is 2.58. The van der Waals surface area contributed by atoms with Crippen LogP contribution in [0.15, 0.2) is 18.2 Å². The van der Waals surface area contributed by atoms with Crippen LogP contribution >= 0.6 is 0 Å². The van der Waals surface area contributed by atoms with E-state index in [4.69, 9.17) is 0 Å². The molecule has 1 aromatic carbocycles. The molecule has 2 rings (SSSR count). The summed E-state index contributed by atoms with van der Waals surface area (Å²) in [5.74, 6) is -1.63. The van der Waals surface area contributed by atoms with E-state index in [-0.39, 0.29) is 5.69 Å². The number of rotatable bonds is 3. The highest BCUT2D eigenvalue weighted by atomic mass is 32.2. The van der Waals surface area contributed by atoms with Crippen molar-refractivity contribution >= 4 is 15.7 Å². The Morgan fingerprint density at radius 1 is 1.24 bits per heavy atom. The molecule has 2 N–H and O–H groups in total. The van der Waals surface area contributed by atoms with Crippen LogP contribution in [0, 0.1) is 11.6 Å². The van der Waals surface area contributed by atoms with E-state index in [1.54, 1.807) is 0 Å². The highest BCUT2D eigenvalue weighted by molar-refractivity contribution is 7.93. The lowest BCUT2D eigenvalue weighted by Crippen LogP contribution is -2.29. The molecule has 1 aliphatic heterocycles. The van der Waals surface area contributed by atoms with Gasteiger partial charge in [0.1, 0.15) is 11.6 Å². The number of nitrogens with one attached hydrogen (secondary N) is 2. The molecule has 0 aliphatic carbocycles. The second-order valence-corrected chi connectivity index (χ2v) is 5.88. The Morgan fingerprint density at radius 2 is 1.88 bits per heavy atom. The fourth-order valence-corrected chi connectivity index (χ4v) is 3.13. The molecule has 17 heavy (non-hydrogen) atoms. The van der Waals surface area contributed by atoms with E-state index in [0.29, 0.717) is 25.6 Å². The zero-order valence-electron chi connectivity index (χ0n) is 8.91. The zero-order valence-corrected chi connectivity index (χ0v) is 9.73. The normalized spacial score (nSPS) is 20.5. The predicted molar refractivity (Wildman–Crippen MR) is 60.2 cm³/mol. The van der Waals surface area contributed by atoms with Crippen molar-refractivity contribution in [2.75, 3.05) is 17.8 Å². The summed E-state index contributed by atoms with van der Waals surface area (Å²) in [7, 11) is -3.59. The molecule has 1 saturated heterocycles. The fourth-order valence-electron chi connectivity index (χ4n) is 1.75. The molecule has 4 nitrogen and oxygen atoms in total. The van der Waals surface area contributed by atoms with E-state index in [1.807, 2.05) is 0 Å². The molecule has 0 spiro atoms. The molecule has 94 valence electrons. The van der Waals surface area contributed by atoms with Gasteiger partial charge in [-0.1, -0.05) is 0 Å². The number of anilines is 1. The Balaban J connectivity index is 2.19. The first-order valence-electron chi connectivity index (χ1n) is 5.16. The summed E-state index contributed by atoms with van der Waals surface area (Å²) in [6.07, 6.45) is 0.493. The summed E-state index contributed by atoms with van der Waals surface area (Å²) >= 11 is 0. The van der Waals surface area contributed by atoms with Gasteiger partial charge in [-0.25, -0.2) is 17.2 Å². The van der Waals surface area contributed by atoms with Gasteiger partial charge in [-0.05, 0) is 25.1 Å². The maximum Gasteiger partial charge on any atom is 0.236 e. The summed E-state index contributed by atoms with van der Waals surface area (Å²) in [4.78, 5) is 0. The molecule has 1 atom stereocenters. The summed E-state index contributed by atoms with van der Waals surface area (Å²) in [5, 5.41) is 2.36. The standard InChI is InChI=1S/C10H12F2N2O2S/c11-7-3-8(12)5-9(4-7)14-17(15,16)10-1-2-13-6-10/h3-5,10,13-14H,1-2,6H2. The van der Waals surface area contributed by atoms with Crippen molar-refractivity contribution in [2.24, 2.45) is 0 Å². The number of halogens is 2. The summed E-state index contributed by atoms with van der Waals surface area (Å²) < 4.78 is 51.6. The van der Waals surface area contributed by atoms with Crippen LogP contribution in [0.3, 0.4) is 0 Å². The average Bonchev–Trinajstić information content (AvgIpc) is 2.67. The van der Waals surface area contributed by atoms with Crippen LogP contribution in [0.5, 0.6) is 0 Å². The lowest BCUT2D eigenvalue weighted by Gasteiger charge is -2.12. The van der Waals surface area contributed by atoms with Gasteiger partial charge in [-0.2, -0.15) is 0 Å². The molecule has 1 aliphatic rings. The molecule has 7 heteroatoms. The quantitative estimate of drug-likeness (QED) is 0.856. The van der Waals surface area contributed by atoms with Gasteiger partial charge < -0.3 is 5.32 Å². The Hall–Kier alpha value is -1.21. The van der Waals surface area contributed by atoms with Gasteiger partial charge in [0.25, 0.3) is 0 Å². The van der Waals surface area contributed by atoms with Gasteiger partial charge in [0, 0.05) is 12.6 Å². The van der Waals surface area contributed by atoms with Crippen molar-refractivity contribution in [1.29, 1.82) is 0 Å². The maximum atomic E-state index is 12.9. The predicted octanol–water partition coefficient (Wildman–Crippen LogP) is 1.07. The molecule has 1 aromatic rings. The Labute approximate surface area is 98.1 Å². The molecule has 0 bridgehead atoms. The smallest absolute Gasteiger partial charge is 0.236 e. The van der Waals surface area contributed by atoms with Crippen molar-refractivity contribution in [3.63, 3.8) is 0 Å². The summed E-state index contributed by atoms with van der Waals surface area (Å²) in [6.45, 7) is 0.982. The van der Waals surface area contributed by atoms with Gasteiger partial charge in [0.05, 0.1) is 10.9 Å². The summed E-state index contributed by atoms with van der Waals surface area (Å²) in [5.41, 5.74) is -0.0885. The van der Waals surface area contributed by atoms with Gasteiger partial charge in [-0.3, -0.25) is 4.72 Å². The Kier molecular flexibility index (Phi) is 3.30. The zero-order chi connectivity index (χ0) is 12.5. The molecule has 0 amide bonds. The van der Waals surface area contributed by atoms with Gasteiger partial charge >= 0.3 is 0 Å². The molecular formula is C10H12F2N2O2S. The van der Waals surface area contributed by atoms with E-state index in [1.165, 1.54) is 0 Å². The third-order valence-corrected chi connectivity index (χ3v) is 4.38. The van der Waals surface area contributed by atoms with Crippen LogP contribution in [0.2, 0.25) is 0 Å². The highest BCUT2D eigenvalue weighted by Crippen LogP contribution is 2.18. The van der Waals surface area contributed by atoms with E-state index >= 15 is 0 Å². The number of benzene rings is 1. The maximum absolute atomic E-state index is 12.9. The van der Waals surface area contributed by atoms with Crippen LogP contribution in [-0.4, -0.2) is 26.8 Å². The van der Waals surface area contributed by atoms with E-state index < -0.39 is 26.9 Å². The van der Waals surface area contributed by atoms with Crippen molar-refractivity contribution < 1.29 is 17.2 Å². The molecular weight excluding hydrogens is 250 g/mol. The number of sulfonamides is 1. The summed E-state index contributed by atoms with van der Waals surface area (Å²) in [6, 6.07) is 2.58. The highest BCUT2D eigenvalue weighted by Gasteiger charge is 2.28. The minimum atomic E-state index is -3.59. The van der Waals surface area contributed by atoms with Gasteiger partial charge in [-0.15, -0.1) is 0 Å². The molecule has 0 aromatic heterocycles. The first kappa shape index (κ1) is 12.3. The second kappa shape index (κ2) is 4.58. The average molecular weight is 262 g/mol. The molecule has 1 heterocycles. The van der Waals surface area contributed by atoms with Crippen LogP contribution < -0.4 is 10.0 Å². The van der Waals surface area contributed by atoms with Gasteiger partial charge in [0.15, 0.2) is 0 Å². The first-order chi connectivity index (χ1) is 7.97. The Bertz CT molecular complexity index is 493. The number of hydrogen-bond donors (Lipinski definition) is 2. The topological polar surface area (TPSA) is 58.2 Å². The van der Waals surface area contributed by atoms with Crippen molar-refractivity contribution in [3.8, 4) is 0 Å². The van der Waals surface area contributed by atoms with E-state index in [2.05, 4.69) is 10.0 Å². The van der Waals surface area contributed by atoms with E-state index in [0.717, 1.165) is 12.1 Å². The van der Waals surface area contributed by atoms with Gasteiger partial charge in [0.2, 0.25) is 10.0 Å². The molecule has 0 saturated carbocycles. The van der Waals surface area contributed by atoms with E-state index in [9.17, 15) is 17.2 Å². The molecule has 1 unspecified atom stereocenters. The fraction of sp³-hybridized carbons (Fsp3) is 0.400. The number of hydrogen-bond acceptors (Lipinski definition) is 3. The monoisotopic (exact) mass is 262 g/mol. The lowest BCUT2D eigenvalue weighted by molar-refractivity contribution is 0.583. The van der Waals surface area contributed by atoms with Crippen molar-refractivity contribution in [2.45, 2.75) is 11.7 Å². The van der Waals surface area contributed by atoms with Crippen LogP contribution in [0.1, 0.15) is 6.42 Å². The van der Waals surface area contributed by atoms with Crippen LogP contribution in [0.4, 0.5) is 14.5 Å². The van der Waals surface area contributed by atoms with Crippen LogP contribution in [0.25, 0.3) is 0 Å². The lowest BCUT2D eigenvalue weighted by atomic mass is 10.3. The minimum Gasteiger partial charge on any atom is -0.315 e. The van der Waals surface area contributed by atoms with Crippen molar-refractivity contribution in [3.05, 3.63) is 29.8 Å². The first-order valence-corrected chi connectivity index (χ1v) is 6.70.